The van der Waals surface area contributed by atoms with E-state index < -0.39 is 28.4 Å². The molecule has 3 aromatic carbocycles. The number of rotatable bonds is 3. The van der Waals surface area contributed by atoms with E-state index in [1.807, 2.05) is 55.5 Å². The van der Waals surface area contributed by atoms with Crippen LogP contribution in [0.5, 0.6) is 5.75 Å². The van der Waals surface area contributed by atoms with Crippen LogP contribution < -0.4 is 4.74 Å². The maximum atomic E-state index is 13.1. The Kier molecular flexibility index (Phi) is 5.34. The molecule has 0 radical (unpaired) electrons. The zero-order valence-electron chi connectivity index (χ0n) is 18.2. The average molecular weight is 514 g/mol. The summed E-state index contributed by atoms with van der Waals surface area (Å²) in [7, 11) is 0. The molecular formula is C27H20BrN3O3. The summed E-state index contributed by atoms with van der Waals surface area (Å²) in [6.07, 6.45) is -1.07. The van der Waals surface area contributed by atoms with Crippen molar-refractivity contribution >= 4 is 27.2 Å². The lowest BCUT2D eigenvalue weighted by atomic mass is 9.57. The molecule has 0 spiro atoms. The van der Waals surface area contributed by atoms with Crippen LogP contribution in [-0.2, 0) is 0 Å². The number of hydrogen-bond donors (Lipinski definition) is 1. The highest BCUT2D eigenvalue weighted by atomic mass is 79.9. The zero-order chi connectivity index (χ0) is 24.0. The van der Waals surface area contributed by atoms with Gasteiger partial charge in [-0.2, -0.15) is 5.26 Å². The van der Waals surface area contributed by atoms with E-state index in [0.29, 0.717) is 22.4 Å². The summed E-state index contributed by atoms with van der Waals surface area (Å²) in [6.45, 7) is 1.91. The molecule has 0 amide bonds. The molecule has 1 aliphatic heterocycles. The van der Waals surface area contributed by atoms with Gasteiger partial charge in [0.1, 0.15) is 17.5 Å². The summed E-state index contributed by atoms with van der Waals surface area (Å²) in [5.74, 6) is -0.611. The molecule has 5 rings (SSSR count). The number of benzene rings is 3. The van der Waals surface area contributed by atoms with Gasteiger partial charge in [-0.25, -0.2) is 0 Å². The van der Waals surface area contributed by atoms with E-state index in [4.69, 9.17) is 4.74 Å². The van der Waals surface area contributed by atoms with Crippen molar-refractivity contribution in [1.29, 1.82) is 10.7 Å². The van der Waals surface area contributed by atoms with E-state index in [-0.39, 0.29) is 11.3 Å². The molecule has 4 atom stereocenters. The van der Waals surface area contributed by atoms with Crippen molar-refractivity contribution in [3.63, 3.8) is 0 Å². The summed E-state index contributed by atoms with van der Waals surface area (Å²) >= 11 is 3.50. The number of allylic oxidation sites excluding steroid dienone is 1. The molecule has 0 fully saturated rings. The van der Waals surface area contributed by atoms with Crippen molar-refractivity contribution < 1.29 is 9.66 Å². The third kappa shape index (κ3) is 3.02. The van der Waals surface area contributed by atoms with Crippen molar-refractivity contribution in [3.05, 3.63) is 116 Å². The number of nitrogens with zero attached hydrogens (tertiary/aromatic N) is 2. The lowest BCUT2D eigenvalue weighted by molar-refractivity contribution is -0.568. The first-order chi connectivity index (χ1) is 16.4. The van der Waals surface area contributed by atoms with Gasteiger partial charge in [0.25, 0.3) is 0 Å². The van der Waals surface area contributed by atoms with Gasteiger partial charge in [-0.1, -0.05) is 83.5 Å². The number of nitriles is 1. The van der Waals surface area contributed by atoms with Gasteiger partial charge in [0.15, 0.2) is 0 Å². The van der Waals surface area contributed by atoms with Gasteiger partial charge in [-0.15, -0.1) is 0 Å². The van der Waals surface area contributed by atoms with E-state index in [2.05, 4.69) is 22.0 Å². The normalized spacial score (nSPS) is 25.6. The molecule has 1 N–H and O–H groups in total. The zero-order valence-corrected chi connectivity index (χ0v) is 19.8. The maximum Gasteiger partial charge on any atom is 0.311 e. The summed E-state index contributed by atoms with van der Waals surface area (Å²) in [6, 6.07) is 26.0. The first-order valence-corrected chi connectivity index (χ1v) is 11.6. The fraction of sp³-hybridized carbons (Fsp3) is 0.185. The number of ether oxygens (including phenoxy) is 1. The van der Waals surface area contributed by atoms with E-state index in [0.717, 1.165) is 10.0 Å². The van der Waals surface area contributed by atoms with Gasteiger partial charge in [-0.05, 0) is 35.3 Å². The highest BCUT2D eigenvalue weighted by Crippen LogP contribution is 2.60. The van der Waals surface area contributed by atoms with E-state index in [1.54, 1.807) is 30.3 Å². The van der Waals surface area contributed by atoms with Crippen LogP contribution >= 0.6 is 15.9 Å². The van der Waals surface area contributed by atoms with Gasteiger partial charge >= 0.3 is 5.54 Å². The second kappa shape index (κ2) is 8.23. The molecule has 3 aromatic rings. The second-order valence-electron chi connectivity index (χ2n) is 8.58. The Balaban J connectivity index is 1.89. The number of nitrogens with one attached hydrogen (secondary N) is 1. The molecule has 0 saturated heterocycles. The molecule has 0 aromatic heterocycles. The van der Waals surface area contributed by atoms with Crippen LogP contribution in [0.4, 0.5) is 0 Å². The van der Waals surface area contributed by atoms with Crippen molar-refractivity contribution in [1.82, 2.24) is 0 Å². The summed E-state index contributed by atoms with van der Waals surface area (Å²) in [5.41, 5.74) is 0.424. The van der Waals surface area contributed by atoms with Gasteiger partial charge < -0.3 is 4.74 Å². The summed E-state index contributed by atoms with van der Waals surface area (Å²) in [5, 5.41) is 32.4. The van der Waals surface area contributed by atoms with E-state index in [9.17, 15) is 20.8 Å². The number of halogens is 1. The average Bonchev–Trinajstić information content (AvgIpc) is 2.85. The van der Waals surface area contributed by atoms with Crippen molar-refractivity contribution in [3.8, 4) is 11.8 Å². The fourth-order valence-electron chi connectivity index (χ4n) is 5.54. The first kappa shape index (κ1) is 22.1. The van der Waals surface area contributed by atoms with E-state index in [1.165, 1.54) is 0 Å². The molecule has 6 nitrogen and oxygen atoms in total. The van der Waals surface area contributed by atoms with Gasteiger partial charge in [0.2, 0.25) is 6.10 Å². The Labute approximate surface area is 205 Å². The summed E-state index contributed by atoms with van der Waals surface area (Å²) < 4.78 is 7.09. The van der Waals surface area contributed by atoms with Crippen molar-refractivity contribution in [2.45, 2.75) is 24.5 Å². The highest BCUT2D eigenvalue weighted by Gasteiger charge is 2.70. The Morgan fingerprint density at radius 2 is 1.74 bits per heavy atom. The van der Waals surface area contributed by atoms with Crippen LogP contribution in [0.15, 0.2) is 88.9 Å². The van der Waals surface area contributed by atoms with Gasteiger partial charge in [0, 0.05) is 20.5 Å². The molecule has 1 unspecified atom stereocenters. The monoisotopic (exact) mass is 513 g/mol. The molecule has 7 heteroatoms. The Morgan fingerprint density at radius 1 is 1.09 bits per heavy atom. The van der Waals surface area contributed by atoms with Crippen LogP contribution in [0.25, 0.3) is 5.57 Å². The van der Waals surface area contributed by atoms with Crippen molar-refractivity contribution in [2.24, 2.45) is 5.92 Å². The van der Waals surface area contributed by atoms with Crippen LogP contribution in [0.1, 0.15) is 35.6 Å². The van der Waals surface area contributed by atoms with Crippen LogP contribution in [0, 0.1) is 32.8 Å². The highest BCUT2D eigenvalue weighted by molar-refractivity contribution is 9.10. The van der Waals surface area contributed by atoms with E-state index >= 15 is 0 Å². The Hall–Kier alpha value is -3.76. The third-order valence-electron chi connectivity index (χ3n) is 6.90. The molecule has 0 bridgehead atoms. The minimum atomic E-state index is -1.97. The topological polar surface area (TPSA) is 100 Å². The second-order valence-corrected chi connectivity index (χ2v) is 9.50. The quantitative estimate of drug-likeness (QED) is 0.326. The predicted octanol–water partition coefficient (Wildman–Crippen LogP) is 6.33. The molecule has 0 saturated carbocycles. The Bertz CT molecular complexity index is 1380. The predicted molar refractivity (Wildman–Crippen MR) is 132 cm³/mol. The lowest BCUT2D eigenvalue weighted by Gasteiger charge is -2.48. The standard InChI is InChI=1S/C27H20BrN3O3/c1-16-23(17-8-4-2-5-9-17)21(15-29)25(30)27(31(32)33)24(16)20-14-19(28)12-13-22(20)34-26(27)18-10-6-3-7-11-18/h2-14,16,24,26,30H,1H3/t16?,24-,26+,27-/m1/s1. The van der Waals surface area contributed by atoms with Gasteiger partial charge in [0.05, 0.1) is 11.5 Å². The fourth-order valence-corrected chi connectivity index (χ4v) is 5.92. The largest absolute Gasteiger partial charge is 0.477 e. The maximum absolute atomic E-state index is 13.1. The minimum absolute atomic E-state index is 0.0367. The molecule has 34 heavy (non-hydrogen) atoms. The molecule has 1 heterocycles. The molecule has 168 valence electrons. The SMILES string of the molecule is CC1C(c2ccccc2)=C(C#N)C(=N)[C@@]2([N+](=O)[O-])[C@H](c3ccccc3)Oc3ccc(Br)cc3[C@@H]12. The lowest BCUT2D eigenvalue weighted by Crippen LogP contribution is -2.62. The number of fused-ring (bicyclic) bond motifs is 3. The van der Waals surface area contributed by atoms with Crippen LogP contribution in [-0.4, -0.2) is 16.2 Å². The number of nitro groups is 1. The molecule has 2 aliphatic rings. The number of hydrogen-bond acceptors (Lipinski definition) is 5. The molecule has 1 aliphatic carbocycles. The minimum Gasteiger partial charge on any atom is -0.477 e. The first-order valence-electron chi connectivity index (χ1n) is 10.9. The van der Waals surface area contributed by atoms with Gasteiger partial charge in [-0.3, -0.25) is 15.5 Å². The smallest absolute Gasteiger partial charge is 0.311 e. The summed E-state index contributed by atoms with van der Waals surface area (Å²) in [4.78, 5) is 12.7. The Morgan fingerprint density at radius 3 is 2.35 bits per heavy atom. The molecular weight excluding hydrogens is 494 g/mol. The third-order valence-corrected chi connectivity index (χ3v) is 7.40. The van der Waals surface area contributed by atoms with Crippen LogP contribution in [0.2, 0.25) is 0 Å². The van der Waals surface area contributed by atoms with Crippen LogP contribution in [0.3, 0.4) is 0 Å². The van der Waals surface area contributed by atoms with Crippen molar-refractivity contribution in [2.75, 3.05) is 0 Å².